The molecular formula is C22H26N2O4S2. The maximum atomic E-state index is 13.2. The summed E-state index contributed by atoms with van der Waals surface area (Å²) in [5, 5.41) is 3.37. The van der Waals surface area contributed by atoms with Crippen molar-refractivity contribution in [3.8, 4) is 0 Å². The number of aromatic nitrogens is 1. The van der Waals surface area contributed by atoms with E-state index in [1.165, 1.54) is 0 Å². The van der Waals surface area contributed by atoms with Crippen LogP contribution in [-0.4, -0.2) is 51.2 Å². The van der Waals surface area contributed by atoms with E-state index in [0.29, 0.717) is 13.0 Å². The fraction of sp³-hybridized carbons (Fsp3) is 0.364. The molecular weight excluding hydrogens is 420 g/mol. The van der Waals surface area contributed by atoms with Crippen molar-refractivity contribution < 1.29 is 16.8 Å². The summed E-state index contributed by atoms with van der Waals surface area (Å²) in [6.45, 7) is 2.50. The predicted molar refractivity (Wildman–Crippen MR) is 119 cm³/mol. The number of hydrogen-bond acceptors (Lipinski definition) is 5. The zero-order chi connectivity index (χ0) is 21.4. The first-order chi connectivity index (χ1) is 14.3. The number of nitrogens with one attached hydrogen (secondary N) is 2. The molecule has 1 fully saturated rings. The fourth-order valence-corrected chi connectivity index (χ4v) is 8.85. The lowest BCUT2D eigenvalue weighted by Gasteiger charge is -2.20. The number of rotatable bonds is 7. The molecule has 1 aliphatic rings. The molecule has 2 heterocycles. The van der Waals surface area contributed by atoms with Crippen LogP contribution in [0.4, 0.5) is 0 Å². The van der Waals surface area contributed by atoms with Crippen LogP contribution in [-0.2, 0) is 32.5 Å². The van der Waals surface area contributed by atoms with Crippen molar-refractivity contribution in [3.63, 3.8) is 0 Å². The van der Waals surface area contributed by atoms with Gasteiger partial charge in [-0.2, -0.15) is 0 Å². The zero-order valence-electron chi connectivity index (χ0n) is 16.8. The van der Waals surface area contributed by atoms with Gasteiger partial charge in [0.25, 0.3) is 0 Å². The Bertz CT molecular complexity index is 1250. The standard InChI is InChI=1S/C22H26N2O4S2/c1-2-16-7-9-18(10-8-16)30(27,28)22-15-29(25,26)14-21(22)23-12-11-17-13-24-20-6-4-3-5-19(17)20/h3-10,13,21-24H,2,11-12,14-15H2,1H3/t21-,22-/m0/s1. The summed E-state index contributed by atoms with van der Waals surface area (Å²) >= 11 is 0. The van der Waals surface area contributed by atoms with Crippen LogP contribution in [0, 0.1) is 0 Å². The van der Waals surface area contributed by atoms with E-state index < -0.39 is 31.0 Å². The molecule has 160 valence electrons. The number of aromatic amines is 1. The maximum Gasteiger partial charge on any atom is 0.183 e. The van der Waals surface area contributed by atoms with Crippen LogP contribution in [0.2, 0.25) is 0 Å². The van der Waals surface area contributed by atoms with Crippen LogP contribution in [0.5, 0.6) is 0 Å². The van der Waals surface area contributed by atoms with Crippen molar-refractivity contribution >= 4 is 30.6 Å². The molecule has 0 aliphatic carbocycles. The lowest BCUT2D eigenvalue weighted by atomic mass is 10.1. The topological polar surface area (TPSA) is 96.1 Å². The third-order valence-corrected chi connectivity index (χ3v) is 10.0. The van der Waals surface area contributed by atoms with Gasteiger partial charge in [0.15, 0.2) is 19.7 Å². The summed E-state index contributed by atoms with van der Waals surface area (Å²) in [5.74, 6) is -0.493. The molecule has 2 atom stereocenters. The summed E-state index contributed by atoms with van der Waals surface area (Å²) in [6, 6.07) is 14.1. The van der Waals surface area contributed by atoms with Crippen LogP contribution in [0.3, 0.4) is 0 Å². The Balaban J connectivity index is 1.50. The number of aryl methyl sites for hydroxylation is 1. The van der Waals surface area contributed by atoms with E-state index in [2.05, 4.69) is 10.3 Å². The van der Waals surface area contributed by atoms with E-state index in [-0.39, 0.29) is 16.4 Å². The van der Waals surface area contributed by atoms with Gasteiger partial charge in [0.1, 0.15) is 0 Å². The largest absolute Gasteiger partial charge is 0.361 e. The van der Waals surface area contributed by atoms with Crippen LogP contribution >= 0.6 is 0 Å². The Hall–Kier alpha value is -2.16. The van der Waals surface area contributed by atoms with Crippen molar-refractivity contribution in [2.45, 2.75) is 36.0 Å². The zero-order valence-corrected chi connectivity index (χ0v) is 18.5. The summed E-state index contributed by atoms with van der Waals surface area (Å²) in [5.41, 5.74) is 3.21. The maximum absolute atomic E-state index is 13.2. The minimum Gasteiger partial charge on any atom is -0.361 e. The molecule has 1 aliphatic heterocycles. The van der Waals surface area contributed by atoms with E-state index in [4.69, 9.17) is 0 Å². The van der Waals surface area contributed by atoms with Crippen LogP contribution in [0.15, 0.2) is 59.6 Å². The van der Waals surface area contributed by atoms with Crippen molar-refractivity contribution in [1.82, 2.24) is 10.3 Å². The minimum atomic E-state index is -3.75. The van der Waals surface area contributed by atoms with Gasteiger partial charge < -0.3 is 10.3 Å². The number of sulfone groups is 2. The number of benzene rings is 2. The first kappa shape index (κ1) is 21.1. The SMILES string of the molecule is CCc1ccc(S(=O)(=O)[C@H]2CS(=O)(=O)C[C@@H]2NCCc2c[nH]c3ccccc23)cc1. The lowest BCUT2D eigenvalue weighted by molar-refractivity contribution is 0.528. The van der Waals surface area contributed by atoms with Gasteiger partial charge in [-0.3, -0.25) is 0 Å². The highest BCUT2D eigenvalue weighted by Gasteiger charge is 2.45. The molecule has 1 saturated heterocycles. The second-order valence-electron chi connectivity index (χ2n) is 7.83. The molecule has 2 N–H and O–H groups in total. The van der Waals surface area contributed by atoms with Crippen molar-refractivity contribution in [1.29, 1.82) is 0 Å². The van der Waals surface area contributed by atoms with Gasteiger partial charge in [-0.05, 0) is 48.7 Å². The Morgan fingerprint density at radius 1 is 1.07 bits per heavy atom. The van der Waals surface area contributed by atoms with E-state index >= 15 is 0 Å². The van der Waals surface area contributed by atoms with Crippen LogP contribution in [0.1, 0.15) is 18.1 Å². The van der Waals surface area contributed by atoms with Gasteiger partial charge in [0, 0.05) is 23.1 Å². The number of hydrogen-bond donors (Lipinski definition) is 2. The van der Waals surface area contributed by atoms with Gasteiger partial charge in [0.05, 0.1) is 21.7 Å². The smallest absolute Gasteiger partial charge is 0.183 e. The first-order valence-electron chi connectivity index (χ1n) is 10.1. The molecule has 8 heteroatoms. The van der Waals surface area contributed by atoms with E-state index in [1.807, 2.05) is 37.4 Å². The Morgan fingerprint density at radius 2 is 1.80 bits per heavy atom. The highest BCUT2D eigenvalue weighted by atomic mass is 32.2. The normalized spacial score (nSPS) is 21.2. The monoisotopic (exact) mass is 446 g/mol. The molecule has 0 unspecified atom stereocenters. The lowest BCUT2D eigenvalue weighted by Crippen LogP contribution is -2.44. The van der Waals surface area contributed by atoms with Gasteiger partial charge in [-0.1, -0.05) is 37.3 Å². The molecule has 6 nitrogen and oxygen atoms in total. The van der Waals surface area contributed by atoms with Gasteiger partial charge >= 0.3 is 0 Å². The molecule has 0 saturated carbocycles. The van der Waals surface area contributed by atoms with Gasteiger partial charge in [-0.25, -0.2) is 16.8 Å². The highest BCUT2D eigenvalue weighted by Crippen LogP contribution is 2.26. The number of para-hydroxylation sites is 1. The molecule has 30 heavy (non-hydrogen) atoms. The second kappa shape index (κ2) is 8.17. The van der Waals surface area contributed by atoms with Crippen molar-refractivity contribution in [2.24, 2.45) is 0 Å². The molecule has 0 spiro atoms. The summed E-state index contributed by atoms with van der Waals surface area (Å²) in [6.07, 6.45) is 3.44. The number of H-pyrrole nitrogens is 1. The Kier molecular flexibility index (Phi) is 5.74. The molecule has 1 aromatic heterocycles. The van der Waals surface area contributed by atoms with E-state index in [1.54, 1.807) is 24.3 Å². The molecule has 3 aromatic rings. The van der Waals surface area contributed by atoms with E-state index in [0.717, 1.165) is 28.5 Å². The summed E-state index contributed by atoms with van der Waals surface area (Å²) in [7, 11) is -7.17. The van der Waals surface area contributed by atoms with Gasteiger partial charge in [-0.15, -0.1) is 0 Å². The average molecular weight is 447 g/mol. The van der Waals surface area contributed by atoms with Gasteiger partial charge in [0.2, 0.25) is 0 Å². The average Bonchev–Trinajstić information content (AvgIpc) is 3.28. The van der Waals surface area contributed by atoms with E-state index in [9.17, 15) is 16.8 Å². The third-order valence-electron chi connectivity index (χ3n) is 5.83. The van der Waals surface area contributed by atoms with Crippen molar-refractivity contribution in [3.05, 3.63) is 65.9 Å². The third kappa shape index (κ3) is 4.17. The molecule has 0 bridgehead atoms. The molecule has 4 rings (SSSR count). The second-order valence-corrected chi connectivity index (χ2v) is 12.1. The van der Waals surface area contributed by atoms with Crippen LogP contribution < -0.4 is 5.32 Å². The minimum absolute atomic E-state index is 0.155. The highest BCUT2D eigenvalue weighted by molar-refractivity contribution is 7.96. The fourth-order valence-electron chi connectivity index (χ4n) is 4.13. The first-order valence-corrected chi connectivity index (χ1v) is 13.5. The molecule has 0 radical (unpaired) electrons. The molecule has 2 aromatic carbocycles. The Labute approximate surface area is 177 Å². The van der Waals surface area contributed by atoms with Crippen LogP contribution in [0.25, 0.3) is 10.9 Å². The Morgan fingerprint density at radius 3 is 2.53 bits per heavy atom. The number of fused-ring (bicyclic) bond motifs is 1. The van der Waals surface area contributed by atoms with Crippen molar-refractivity contribution in [2.75, 3.05) is 18.1 Å². The summed E-state index contributed by atoms with van der Waals surface area (Å²) < 4.78 is 51.0. The quantitative estimate of drug-likeness (QED) is 0.581. The predicted octanol–water partition coefficient (Wildman–Crippen LogP) is 2.50. The summed E-state index contributed by atoms with van der Waals surface area (Å²) in [4.78, 5) is 3.41. The molecule has 0 amide bonds.